The van der Waals surface area contributed by atoms with Crippen LogP contribution in [0.4, 0.5) is 0 Å². The van der Waals surface area contributed by atoms with Gasteiger partial charge in [-0.1, -0.05) is 17.7 Å². The molecule has 4 heteroatoms. The van der Waals surface area contributed by atoms with E-state index in [1.807, 2.05) is 6.07 Å². The minimum absolute atomic E-state index is 0.000422. The largest absolute Gasteiger partial charge is 0.496 e. The van der Waals surface area contributed by atoms with Gasteiger partial charge in [0, 0.05) is 43.8 Å². The SMILES string of the molecule is COc1ccc(C)cc1C(N)CN1CCN(C)C(C)C1. The Morgan fingerprint density at radius 3 is 2.80 bits per heavy atom. The average molecular weight is 277 g/mol. The van der Waals surface area contributed by atoms with Crippen LogP contribution in [0.5, 0.6) is 5.75 Å². The fourth-order valence-electron chi connectivity index (χ4n) is 2.81. The molecule has 0 amide bonds. The van der Waals surface area contributed by atoms with Gasteiger partial charge in [-0.15, -0.1) is 0 Å². The molecule has 0 radical (unpaired) electrons. The summed E-state index contributed by atoms with van der Waals surface area (Å²) in [5, 5.41) is 0. The average Bonchev–Trinajstić information content (AvgIpc) is 2.43. The Morgan fingerprint density at radius 2 is 2.15 bits per heavy atom. The molecule has 0 aromatic heterocycles. The van der Waals surface area contributed by atoms with E-state index in [9.17, 15) is 0 Å². The van der Waals surface area contributed by atoms with Crippen LogP contribution in [0.1, 0.15) is 24.1 Å². The number of aryl methyl sites for hydroxylation is 1. The topological polar surface area (TPSA) is 41.7 Å². The van der Waals surface area contributed by atoms with Crippen LogP contribution in [0, 0.1) is 6.92 Å². The highest BCUT2D eigenvalue weighted by Gasteiger charge is 2.23. The molecule has 1 aromatic carbocycles. The van der Waals surface area contributed by atoms with E-state index < -0.39 is 0 Å². The molecule has 112 valence electrons. The molecule has 2 unspecified atom stereocenters. The van der Waals surface area contributed by atoms with Crippen molar-refractivity contribution in [1.29, 1.82) is 0 Å². The fraction of sp³-hybridized carbons (Fsp3) is 0.625. The molecular formula is C16H27N3O. The van der Waals surface area contributed by atoms with E-state index in [1.54, 1.807) is 7.11 Å². The molecule has 0 aliphatic carbocycles. The molecule has 2 atom stereocenters. The zero-order chi connectivity index (χ0) is 14.7. The minimum atomic E-state index is 0.000422. The predicted octanol–water partition coefficient (Wildman–Crippen LogP) is 1.64. The number of methoxy groups -OCH3 is 1. The summed E-state index contributed by atoms with van der Waals surface area (Å²) in [6.45, 7) is 8.52. The highest BCUT2D eigenvalue weighted by atomic mass is 16.5. The number of rotatable bonds is 4. The first-order chi connectivity index (χ1) is 9.51. The number of ether oxygens (including phenoxy) is 1. The van der Waals surface area contributed by atoms with Crippen LogP contribution < -0.4 is 10.5 Å². The maximum atomic E-state index is 6.42. The van der Waals surface area contributed by atoms with Crippen molar-refractivity contribution < 1.29 is 4.74 Å². The van der Waals surface area contributed by atoms with Gasteiger partial charge in [-0.05, 0) is 27.0 Å². The first kappa shape index (κ1) is 15.3. The van der Waals surface area contributed by atoms with Gasteiger partial charge in [0.1, 0.15) is 5.75 Å². The maximum absolute atomic E-state index is 6.42. The third-order valence-corrected chi connectivity index (χ3v) is 4.28. The third kappa shape index (κ3) is 3.51. The molecule has 1 fully saturated rings. The lowest BCUT2D eigenvalue weighted by atomic mass is 10.0. The summed E-state index contributed by atoms with van der Waals surface area (Å²) >= 11 is 0. The molecule has 1 aliphatic rings. The van der Waals surface area contributed by atoms with Gasteiger partial charge >= 0.3 is 0 Å². The van der Waals surface area contributed by atoms with E-state index in [0.717, 1.165) is 37.5 Å². The minimum Gasteiger partial charge on any atom is -0.496 e. The van der Waals surface area contributed by atoms with Crippen LogP contribution in [0.25, 0.3) is 0 Å². The summed E-state index contributed by atoms with van der Waals surface area (Å²) in [6, 6.07) is 6.81. The van der Waals surface area contributed by atoms with E-state index in [-0.39, 0.29) is 6.04 Å². The molecule has 4 nitrogen and oxygen atoms in total. The van der Waals surface area contributed by atoms with E-state index >= 15 is 0 Å². The fourth-order valence-corrected chi connectivity index (χ4v) is 2.81. The Labute approximate surface area is 122 Å². The Hall–Kier alpha value is -1.10. The summed E-state index contributed by atoms with van der Waals surface area (Å²) < 4.78 is 5.44. The number of benzene rings is 1. The second-order valence-corrected chi connectivity index (χ2v) is 5.94. The molecule has 1 aromatic rings. The van der Waals surface area contributed by atoms with Crippen LogP contribution in [0.3, 0.4) is 0 Å². The highest BCUT2D eigenvalue weighted by molar-refractivity contribution is 5.39. The summed E-state index contributed by atoms with van der Waals surface area (Å²) in [6.07, 6.45) is 0. The van der Waals surface area contributed by atoms with Gasteiger partial charge in [-0.3, -0.25) is 4.90 Å². The van der Waals surface area contributed by atoms with Crippen molar-refractivity contribution in [2.24, 2.45) is 5.73 Å². The normalized spacial score (nSPS) is 22.8. The number of piperazine rings is 1. The first-order valence-corrected chi connectivity index (χ1v) is 7.34. The third-order valence-electron chi connectivity index (χ3n) is 4.28. The predicted molar refractivity (Wildman–Crippen MR) is 83.2 cm³/mol. The number of likely N-dealkylation sites (N-methyl/N-ethyl adjacent to an activating group) is 1. The van der Waals surface area contributed by atoms with E-state index in [4.69, 9.17) is 10.5 Å². The number of hydrogen-bond acceptors (Lipinski definition) is 4. The van der Waals surface area contributed by atoms with Gasteiger partial charge in [0.2, 0.25) is 0 Å². The van der Waals surface area contributed by atoms with Crippen LogP contribution >= 0.6 is 0 Å². The van der Waals surface area contributed by atoms with Crippen LogP contribution in [0.2, 0.25) is 0 Å². The lowest BCUT2D eigenvalue weighted by Gasteiger charge is -2.38. The lowest BCUT2D eigenvalue weighted by molar-refractivity contribution is 0.100. The van der Waals surface area contributed by atoms with Crippen LogP contribution in [-0.2, 0) is 0 Å². The zero-order valence-corrected chi connectivity index (χ0v) is 13.1. The molecule has 1 aliphatic heterocycles. The van der Waals surface area contributed by atoms with Gasteiger partial charge in [0.05, 0.1) is 7.11 Å². The molecule has 1 heterocycles. The second-order valence-electron chi connectivity index (χ2n) is 5.94. The van der Waals surface area contributed by atoms with Crippen LogP contribution in [0.15, 0.2) is 18.2 Å². The second kappa shape index (κ2) is 6.57. The van der Waals surface area contributed by atoms with Gasteiger partial charge in [0.25, 0.3) is 0 Å². The van der Waals surface area contributed by atoms with Gasteiger partial charge in [-0.25, -0.2) is 0 Å². The molecule has 1 saturated heterocycles. The van der Waals surface area contributed by atoms with Crippen molar-refractivity contribution >= 4 is 0 Å². The van der Waals surface area contributed by atoms with Gasteiger partial charge in [0.15, 0.2) is 0 Å². The molecular weight excluding hydrogens is 250 g/mol. The number of hydrogen-bond donors (Lipinski definition) is 1. The molecule has 2 N–H and O–H groups in total. The zero-order valence-electron chi connectivity index (χ0n) is 13.1. The van der Waals surface area contributed by atoms with Crippen molar-refractivity contribution in [2.45, 2.75) is 25.9 Å². The molecule has 0 spiro atoms. The highest BCUT2D eigenvalue weighted by Crippen LogP contribution is 2.26. The van der Waals surface area contributed by atoms with Crippen molar-refractivity contribution in [3.8, 4) is 5.75 Å². The van der Waals surface area contributed by atoms with Gasteiger partial charge in [-0.2, -0.15) is 0 Å². The lowest BCUT2D eigenvalue weighted by Crippen LogP contribution is -2.51. The van der Waals surface area contributed by atoms with Crippen molar-refractivity contribution in [2.75, 3.05) is 40.3 Å². The Morgan fingerprint density at radius 1 is 1.40 bits per heavy atom. The number of nitrogens with zero attached hydrogens (tertiary/aromatic N) is 2. The quantitative estimate of drug-likeness (QED) is 0.908. The van der Waals surface area contributed by atoms with E-state index in [1.165, 1.54) is 5.56 Å². The Kier molecular flexibility index (Phi) is 5.02. The van der Waals surface area contributed by atoms with Crippen molar-refractivity contribution in [3.63, 3.8) is 0 Å². The summed E-state index contributed by atoms with van der Waals surface area (Å²) in [5.74, 6) is 0.894. The summed E-state index contributed by atoms with van der Waals surface area (Å²) in [7, 11) is 3.89. The number of nitrogens with two attached hydrogens (primary N) is 1. The van der Waals surface area contributed by atoms with Crippen molar-refractivity contribution in [1.82, 2.24) is 9.80 Å². The smallest absolute Gasteiger partial charge is 0.123 e. The molecule has 2 rings (SSSR count). The van der Waals surface area contributed by atoms with E-state index in [2.05, 4.69) is 42.8 Å². The summed E-state index contributed by atoms with van der Waals surface area (Å²) in [4.78, 5) is 4.85. The molecule has 20 heavy (non-hydrogen) atoms. The monoisotopic (exact) mass is 277 g/mol. The standard InChI is InChI=1S/C16H27N3O/c1-12-5-6-16(20-4)14(9-12)15(17)11-19-8-7-18(3)13(2)10-19/h5-6,9,13,15H,7-8,10-11,17H2,1-4H3. The maximum Gasteiger partial charge on any atom is 0.123 e. The Bertz CT molecular complexity index is 449. The van der Waals surface area contributed by atoms with E-state index in [0.29, 0.717) is 6.04 Å². The van der Waals surface area contributed by atoms with Crippen molar-refractivity contribution in [3.05, 3.63) is 29.3 Å². The first-order valence-electron chi connectivity index (χ1n) is 7.34. The van der Waals surface area contributed by atoms with Crippen LogP contribution in [-0.4, -0.2) is 56.2 Å². The van der Waals surface area contributed by atoms with Gasteiger partial charge < -0.3 is 15.4 Å². The molecule has 0 saturated carbocycles. The molecule has 0 bridgehead atoms. The Balaban J connectivity index is 2.04. The summed E-state index contributed by atoms with van der Waals surface area (Å²) in [5.41, 5.74) is 8.75.